The molecule has 4 aromatic rings. The number of para-hydroxylation sites is 1. The number of nitrogens with zero attached hydrogens (tertiary/aromatic N) is 1. The van der Waals surface area contributed by atoms with Crippen LogP contribution in [0, 0.1) is 0 Å². The van der Waals surface area contributed by atoms with E-state index in [0.717, 1.165) is 36.3 Å². The number of ether oxygens (including phenoxy) is 2. The zero-order valence-corrected chi connectivity index (χ0v) is 22.4. The maximum atomic E-state index is 13.6. The predicted molar refractivity (Wildman–Crippen MR) is 154 cm³/mol. The third-order valence-electron chi connectivity index (χ3n) is 8.93. The van der Waals surface area contributed by atoms with Gasteiger partial charge in [-0.1, -0.05) is 78.9 Å². The molecule has 40 heavy (non-hydrogen) atoms. The third kappa shape index (κ3) is 4.44. The van der Waals surface area contributed by atoms with Gasteiger partial charge in [0.15, 0.2) is 0 Å². The highest BCUT2D eigenvalue weighted by molar-refractivity contribution is 5.79. The van der Waals surface area contributed by atoms with Gasteiger partial charge in [0.2, 0.25) is 0 Å². The number of rotatable bonds is 5. The second kappa shape index (κ2) is 10.1. The second-order valence-corrected chi connectivity index (χ2v) is 11.3. The minimum atomic E-state index is -0.985. The van der Waals surface area contributed by atoms with Crippen molar-refractivity contribution >= 4 is 6.09 Å². The van der Waals surface area contributed by atoms with Crippen molar-refractivity contribution in [3.05, 3.63) is 120 Å². The lowest BCUT2D eigenvalue weighted by Gasteiger charge is -2.51. The lowest BCUT2D eigenvalue weighted by molar-refractivity contribution is -0.0891. The summed E-state index contributed by atoms with van der Waals surface area (Å²) in [6, 6.07) is 34.1. The van der Waals surface area contributed by atoms with Crippen LogP contribution in [0.3, 0.4) is 0 Å². The standard InChI is InChI=1S/C35H33NO4/c37-34(39-23-33-31-15-6-4-13-29(31)30-14-5-7-16-32(30)33)36-25-9-8-10-26(36)22-35(38,21-25)24-17-19-28(20-18-24)40-27-11-2-1-3-12-27/h1-7,11-20,25-26,33,38H,8-10,21-23H2. The van der Waals surface area contributed by atoms with Gasteiger partial charge >= 0.3 is 6.09 Å². The van der Waals surface area contributed by atoms with E-state index in [-0.39, 0.29) is 24.1 Å². The van der Waals surface area contributed by atoms with Crippen molar-refractivity contribution in [3.63, 3.8) is 0 Å². The van der Waals surface area contributed by atoms with E-state index in [4.69, 9.17) is 9.47 Å². The smallest absolute Gasteiger partial charge is 0.410 e. The fourth-order valence-electron chi connectivity index (χ4n) is 7.09. The third-order valence-corrected chi connectivity index (χ3v) is 8.93. The molecule has 1 N–H and O–H groups in total. The van der Waals surface area contributed by atoms with Gasteiger partial charge in [0.25, 0.3) is 0 Å². The summed E-state index contributed by atoms with van der Waals surface area (Å²) < 4.78 is 12.0. The number of hydrogen-bond acceptors (Lipinski definition) is 4. The van der Waals surface area contributed by atoms with Crippen LogP contribution in [0.1, 0.15) is 54.7 Å². The molecule has 2 atom stereocenters. The highest BCUT2D eigenvalue weighted by Gasteiger charge is 2.48. The first-order valence-electron chi connectivity index (χ1n) is 14.3. The van der Waals surface area contributed by atoms with Gasteiger partial charge < -0.3 is 19.5 Å². The Labute approximate surface area is 235 Å². The van der Waals surface area contributed by atoms with Gasteiger partial charge in [0.05, 0.1) is 5.60 Å². The van der Waals surface area contributed by atoms with Crippen LogP contribution >= 0.6 is 0 Å². The Kier molecular flexibility index (Phi) is 6.32. The molecular formula is C35H33NO4. The molecule has 0 radical (unpaired) electrons. The van der Waals surface area contributed by atoms with E-state index in [0.29, 0.717) is 19.4 Å². The molecular weight excluding hydrogens is 498 g/mol. The van der Waals surface area contributed by atoms with Crippen LogP contribution in [0.15, 0.2) is 103 Å². The highest BCUT2D eigenvalue weighted by Crippen LogP contribution is 2.47. The Morgan fingerprint density at radius 2 is 1.30 bits per heavy atom. The summed E-state index contributed by atoms with van der Waals surface area (Å²) in [6.07, 6.45) is 3.56. The summed E-state index contributed by atoms with van der Waals surface area (Å²) >= 11 is 0. The van der Waals surface area contributed by atoms with Crippen molar-refractivity contribution in [2.75, 3.05) is 6.61 Å². The fraction of sp³-hybridized carbons (Fsp3) is 0.286. The van der Waals surface area contributed by atoms with E-state index in [1.54, 1.807) is 0 Å². The lowest BCUT2D eigenvalue weighted by Crippen LogP contribution is -2.59. The quantitative estimate of drug-likeness (QED) is 0.288. The topological polar surface area (TPSA) is 59.0 Å². The monoisotopic (exact) mass is 531 g/mol. The van der Waals surface area contributed by atoms with Crippen molar-refractivity contribution in [3.8, 4) is 22.6 Å². The van der Waals surface area contributed by atoms with Crippen LogP contribution in [0.25, 0.3) is 11.1 Å². The summed E-state index contributed by atoms with van der Waals surface area (Å²) in [6.45, 7) is 0.315. The molecule has 2 unspecified atom stereocenters. The predicted octanol–water partition coefficient (Wildman–Crippen LogP) is 7.63. The number of benzene rings is 4. The van der Waals surface area contributed by atoms with Gasteiger partial charge in [-0.15, -0.1) is 0 Å². The molecule has 202 valence electrons. The first-order chi connectivity index (χ1) is 19.6. The molecule has 7 rings (SSSR count). The molecule has 2 heterocycles. The number of carbonyl (C=O) groups excluding carboxylic acids is 1. The maximum absolute atomic E-state index is 13.6. The average Bonchev–Trinajstić information content (AvgIpc) is 3.30. The zero-order chi connectivity index (χ0) is 27.1. The van der Waals surface area contributed by atoms with E-state index in [1.807, 2.05) is 59.5 Å². The van der Waals surface area contributed by atoms with Gasteiger partial charge in [-0.2, -0.15) is 0 Å². The molecule has 2 fully saturated rings. The van der Waals surface area contributed by atoms with E-state index >= 15 is 0 Å². The summed E-state index contributed by atoms with van der Waals surface area (Å²) in [5.41, 5.74) is 4.76. The van der Waals surface area contributed by atoms with Crippen molar-refractivity contribution < 1.29 is 19.4 Å². The van der Waals surface area contributed by atoms with E-state index in [9.17, 15) is 9.90 Å². The lowest BCUT2D eigenvalue weighted by atomic mass is 9.72. The Morgan fingerprint density at radius 3 is 1.93 bits per heavy atom. The second-order valence-electron chi connectivity index (χ2n) is 11.3. The molecule has 4 aromatic carbocycles. The van der Waals surface area contributed by atoms with Gasteiger partial charge in [-0.25, -0.2) is 4.79 Å². The Hall–Kier alpha value is -4.09. The number of fused-ring (bicyclic) bond motifs is 5. The van der Waals surface area contributed by atoms with Crippen LogP contribution in [0.2, 0.25) is 0 Å². The highest BCUT2D eigenvalue weighted by atomic mass is 16.6. The Bertz CT molecular complexity index is 1460. The van der Waals surface area contributed by atoms with E-state index in [1.165, 1.54) is 22.3 Å². The van der Waals surface area contributed by atoms with Crippen LogP contribution < -0.4 is 4.74 Å². The molecule has 2 aliphatic heterocycles. The van der Waals surface area contributed by atoms with Gasteiger partial charge in [0, 0.05) is 30.8 Å². The normalized spacial score (nSPS) is 23.3. The minimum Gasteiger partial charge on any atom is -0.457 e. The van der Waals surface area contributed by atoms with Crippen molar-refractivity contribution in [2.45, 2.75) is 55.7 Å². The van der Waals surface area contributed by atoms with Crippen molar-refractivity contribution in [1.29, 1.82) is 0 Å². The van der Waals surface area contributed by atoms with Crippen molar-refractivity contribution in [1.82, 2.24) is 4.90 Å². The number of aliphatic hydroxyl groups is 1. The first kappa shape index (κ1) is 24.9. The van der Waals surface area contributed by atoms with Gasteiger partial charge in [0.1, 0.15) is 18.1 Å². The number of carbonyl (C=O) groups is 1. The molecule has 0 aromatic heterocycles. The number of amides is 1. The summed E-state index contributed by atoms with van der Waals surface area (Å²) in [5, 5.41) is 11.8. The molecule has 1 aliphatic carbocycles. The number of hydrogen-bond donors (Lipinski definition) is 1. The Balaban J connectivity index is 1.05. The average molecular weight is 532 g/mol. The summed E-state index contributed by atoms with van der Waals surface area (Å²) in [7, 11) is 0. The van der Waals surface area contributed by atoms with Gasteiger partial charge in [-0.3, -0.25) is 0 Å². The largest absolute Gasteiger partial charge is 0.457 e. The molecule has 3 aliphatic rings. The van der Waals surface area contributed by atoms with Gasteiger partial charge in [-0.05, 0) is 71.3 Å². The Morgan fingerprint density at radius 1 is 0.750 bits per heavy atom. The molecule has 5 nitrogen and oxygen atoms in total. The first-order valence-corrected chi connectivity index (χ1v) is 14.3. The summed E-state index contributed by atoms with van der Waals surface area (Å²) in [4.78, 5) is 15.5. The number of piperidine rings is 2. The zero-order valence-electron chi connectivity index (χ0n) is 22.4. The van der Waals surface area contributed by atoms with Crippen LogP contribution in [-0.2, 0) is 10.3 Å². The molecule has 5 heteroatoms. The maximum Gasteiger partial charge on any atom is 0.410 e. The minimum absolute atomic E-state index is 0.0366. The summed E-state index contributed by atoms with van der Waals surface area (Å²) in [5.74, 6) is 1.55. The molecule has 2 saturated heterocycles. The van der Waals surface area contributed by atoms with Crippen molar-refractivity contribution in [2.24, 2.45) is 0 Å². The van der Waals surface area contributed by atoms with E-state index < -0.39 is 5.60 Å². The fourth-order valence-corrected chi connectivity index (χ4v) is 7.09. The molecule has 0 spiro atoms. The van der Waals surface area contributed by atoms with Crippen LogP contribution in [0.5, 0.6) is 11.5 Å². The molecule has 1 amide bonds. The molecule has 2 bridgehead atoms. The van der Waals surface area contributed by atoms with Crippen LogP contribution in [-0.4, -0.2) is 34.8 Å². The van der Waals surface area contributed by atoms with E-state index in [2.05, 4.69) is 48.5 Å². The molecule has 0 saturated carbocycles. The van der Waals surface area contributed by atoms with Crippen LogP contribution in [0.4, 0.5) is 4.79 Å². The SMILES string of the molecule is O=C(OCC1c2ccccc2-c2ccccc21)N1C2CCCC1CC(O)(c1ccc(Oc3ccccc3)cc1)C2.